The van der Waals surface area contributed by atoms with Crippen LogP contribution in [0, 0.1) is 13.8 Å². The van der Waals surface area contributed by atoms with Crippen molar-refractivity contribution in [3.8, 4) is 0 Å². The largest absolute Gasteiger partial charge is 0.313 e. The van der Waals surface area contributed by atoms with Crippen molar-refractivity contribution in [3.05, 3.63) is 34.9 Å². The Hall–Kier alpha value is -0.870. The lowest BCUT2D eigenvalue weighted by atomic mass is 9.97. The van der Waals surface area contributed by atoms with E-state index in [-0.39, 0.29) is 11.8 Å². The Morgan fingerprint density at radius 2 is 1.79 bits per heavy atom. The molecule has 1 unspecified atom stereocenters. The molecule has 0 fully saturated rings. The van der Waals surface area contributed by atoms with E-state index in [4.69, 9.17) is 0 Å². The van der Waals surface area contributed by atoms with Gasteiger partial charge in [-0.2, -0.15) is 0 Å². The zero-order valence-corrected chi connectivity index (χ0v) is 13.2. The third-order valence-corrected chi connectivity index (χ3v) is 4.29. The number of rotatable bonds is 7. The second kappa shape index (κ2) is 7.06. The molecule has 1 rings (SSSR count). The molecule has 0 heterocycles. The highest BCUT2D eigenvalue weighted by molar-refractivity contribution is 7.90. The highest BCUT2D eigenvalue weighted by Crippen LogP contribution is 2.16. The van der Waals surface area contributed by atoms with E-state index in [0.29, 0.717) is 0 Å². The molecule has 1 aromatic rings. The Balaban J connectivity index is 2.87. The molecule has 108 valence electrons. The molecule has 1 atom stereocenters. The Kier molecular flexibility index (Phi) is 6.01. The summed E-state index contributed by atoms with van der Waals surface area (Å²) in [6.07, 6.45) is 3.08. The Bertz CT molecular complexity index is 489. The van der Waals surface area contributed by atoms with Crippen LogP contribution in [0.1, 0.15) is 30.0 Å². The number of hydrogen-bond donors (Lipinski definition) is 1. The maximum absolute atomic E-state index is 11.5. The van der Waals surface area contributed by atoms with E-state index in [9.17, 15) is 8.42 Å². The number of hydrogen-bond acceptors (Lipinski definition) is 3. The van der Waals surface area contributed by atoms with E-state index in [0.717, 1.165) is 19.4 Å². The second-order valence-electron chi connectivity index (χ2n) is 5.32. The van der Waals surface area contributed by atoms with Crippen LogP contribution in [-0.2, 0) is 16.3 Å². The van der Waals surface area contributed by atoms with Crippen LogP contribution in [0.3, 0.4) is 0 Å². The average molecular weight is 283 g/mol. The lowest BCUT2D eigenvalue weighted by Crippen LogP contribution is -2.38. The molecule has 0 saturated heterocycles. The molecule has 0 aliphatic carbocycles. The first-order valence-electron chi connectivity index (χ1n) is 6.79. The summed E-state index contributed by atoms with van der Waals surface area (Å²) >= 11 is 0. The molecule has 1 N–H and O–H groups in total. The van der Waals surface area contributed by atoms with Gasteiger partial charge in [0.2, 0.25) is 0 Å². The van der Waals surface area contributed by atoms with Crippen LogP contribution in [0.4, 0.5) is 0 Å². The van der Waals surface area contributed by atoms with Crippen molar-refractivity contribution in [1.82, 2.24) is 5.32 Å². The van der Waals surface area contributed by atoms with Gasteiger partial charge in [-0.15, -0.1) is 0 Å². The number of aryl methyl sites for hydroxylation is 2. The summed E-state index contributed by atoms with van der Waals surface area (Å²) in [7, 11) is -2.96. The quantitative estimate of drug-likeness (QED) is 0.835. The third-order valence-electron chi connectivity index (χ3n) is 3.28. The molecule has 0 amide bonds. The van der Waals surface area contributed by atoms with Gasteiger partial charge >= 0.3 is 0 Å². The Morgan fingerprint density at radius 3 is 2.26 bits per heavy atom. The van der Waals surface area contributed by atoms with Crippen LogP contribution >= 0.6 is 0 Å². The van der Waals surface area contributed by atoms with Gasteiger partial charge < -0.3 is 5.32 Å². The van der Waals surface area contributed by atoms with E-state index >= 15 is 0 Å². The monoisotopic (exact) mass is 283 g/mol. The first kappa shape index (κ1) is 16.2. The topological polar surface area (TPSA) is 46.2 Å². The SMILES string of the molecule is CCCNC(Cc1c(C)cccc1C)CS(C)(=O)=O. The van der Waals surface area contributed by atoms with Crippen molar-refractivity contribution in [2.75, 3.05) is 18.6 Å². The molecule has 0 spiro atoms. The van der Waals surface area contributed by atoms with E-state index in [1.54, 1.807) is 0 Å². The second-order valence-corrected chi connectivity index (χ2v) is 7.50. The van der Waals surface area contributed by atoms with Crippen LogP contribution in [0.2, 0.25) is 0 Å². The standard InChI is InChI=1S/C15H25NO2S/c1-5-9-16-14(11-19(4,17)18)10-15-12(2)7-6-8-13(15)3/h6-8,14,16H,5,9-11H2,1-4H3. The van der Waals surface area contributed by atoms with Crippen molar-refractivity contribution in [2.45, 2.75) is 39.7 Å². The summed E-state index contributed by atoms with van der Waals surface area (Å²) in [4.78, 5) is 0. The predicted octanol–water partition coefficient (Wildman–Crippen LogP) is 2.26. The zero-order chi connectivity index (χ0) is 14.5. The molecule has 1 aromatic carbocycles. The molecule has 19 heavy (non-hydrogen) atoms. The minimum Gasteiger partial charge on any atom is -0.313 e. The fraction of sp³-hybridized carbons (Fsp3) is 0.600. The summed E-state index contributed by atoms with van der Waals surface area (Å²) in [6, 6.07) is 6.20. The smallest absolute Gasteiger partial charge is 0.148 e. The van der Waals surface area contributed by atoms with Crippen molar-refractivity contribution >= 4 is 9.84 Å². The van der Waals surface area contributed by atoms with Gasteiger partial charge in [0.15, 0.2) is 0 Å². The average Bonchev–Trinajstić information content (AvgIpc) is 2.29. The molecular formula is C15H25NO2S. The molecule has 0 saturated carbocycles. The van der Waals surface area contributed by atoms with E-state index in [1.807, 2.05) is 6.07 Å². The molecular weight excluding hydrogens is 258 g/mol. The summed E-state index contributed by atoms with van der Waals surface area (Å²) < 4.78 is 23.0. The van der Waals surface area contributed by atoms with Crippen LogP contribution in [-0.4, -0.2) is 33.0 Å². The highest BCUT2D eigenvalue weighted by atomic mass is 32.2. The number of sulfone groups is 1. The van der Waals surface area contributed by atoms with Gasteiger partial charge in [0.05, 0.1) is 5.75 Å². The first-order valence-corrected chi connectivity index (χ1v) is 8.85. The number of benzene rings is 1. The van der Waals surface area contributed by atoms with Gasteiger partial charge in [-0.1, -0.05) is 25.1 Å². The van der Waals surface area contributed by atoms with Crippen molar-refractivity contribution in [2.24, 2.45) is 0 Å². The molecule has 3 nitrogen and oxygen atoms in total. The lowest BCUT2D eigenvalue weighted by molar-refractivity contribution is 0.529. The van der Waals surface area contributed by atoms with Crippen molar-refractivity contribution in [1.29, 1.82) is 0 Å². The van der Waals surface area contributed by atoms with Gasteiger partial charge in [-0.3, -0.25) is 0 Å². The Morgan fingerprint density at radius 1 is 1.21 bits per heavy atom. The molecule has 4 heteroatoms. The minimum absolute atomic E-state index is 0.00486. The minimum atomic E-state index is -2.96. The fourth-order valence-electron chi connectivity index (χ4n) is 2.32. The van der Waals surface area contributed by atoms with E-state index in [2.05, 4.69) is 38.2 Å². The third kappa shape index (κ3) is 5.74. The van der Waals surface area contributed by atoms with Gasteiger partial charge in [0.1, 0.15) is 9.84 Å². The van der Waals surface area contributed by atoms with Crippen LogP contribution in [0.15, 0.2) is 18.2 Å². The van der Waals surface area contributed by atoms with Gasteiger partial charge in [0, 0.05) is 12.3 Å². The predicted molar refractivity (Wildman–Crippen MR) is 81.4 cm³/mol. The highest BCUT2D eigenvalue weighted by Gasteiger charge is 2.17. The molecule has 0 aromatic heterocycles. The fourth-order valence-corrected chi connectivity index (χ4v) is 3.29. The van der Waals surface area contributed by atoms with Crippen molar-refractivity contribution in [3.63, 3.8) is 0 Å². The van der Waals surface area contributed by atoms with E-state index in [1.165, 1.54) is 22.9 Å². The van der Waals surface area contributed by atoms with E-state index < -0.39 is 9.84 Å². The zero-order valence-electron chi connectivity index (χ0n) is 12.4. The van der Waals surface area contributed by atoms with Crippen LogP contribution < -0.4 is 5.32 Å². The molecule has 0 aliphatic heterocycles. The normalized spacial score (nSPS) is 13.5. The lowest BCUT2D eigenvalue weighted by Gasteiger charge is -2.20. The van der Waals surface area contributed by atoms with Crippen molar-refractivity contribution < 1.29 is 8.42 Å². The summed E-state index contributed by atoms with van der Waals surface area (Å²) in [6.45, 7) is 7.11. The Labute approximate surface area is 117 Å². The van der Waals surface area contributed by atoms with Crippen LogP contribution in [0.25, 0.3) is 0 Å². The summed E-state index contributed by atoms with van der Waals surface area (Å²) in [5.74, 6) is 0.195. The van der Waals surface area contributed by atoms with Gasteiger partial charge in [0.25, 0.3) is 0 Å². The number of nitrogens with one attached hydrogen (secondary N) is 1. The van der Waals surface area contributed by atoms with Gasteiger partial charge in [-0.25, -0.2) is 8.42 Å². The summed E-state index contributed by atoms with van der Waals surface area (Å²) in [5, 5.41) is 3.35. The maximum Gasteiger partial charge on any atom is 0.148 e. The molecule has 0 radical (unpaired) electrons. The summed E-state index contributed by atoms with van der Waals surface area (Å²) in [5.41, 5.74) is 3.73. The maximum atomic E-state index is 11.5. The molecule has 0 aliphatic rings. The van der Waals surface area contributed by atoms with Crippen LogP contribution in [0.5, 0.6) is 0 Å². The first-order chi connectivity index (χ1) is 8.83. The molecule has 0 bridgehead atoms. The van der Waals surface area contributed by atoms with Gasteiger partial charge in [-0.05, 0) is 49.9 Å².